The molecule has 1 aromatic rings. The molecule has 1 fully saturated rings. The molecule has 132 valence electrons. The Balaban J connectivity index is 1.87. The van der Waals surface area contributed by atoms with Crippen molar-refractivity contribution in [1.29, 1.82) is 0 Å². The predicted molar refractivity (Wildman–Crippen MR) is 91.6 cm³/mol. The maximum Gasteiger partial charge on any atom is 0.161 e. The first-order valence-corrected chi connectivity index (χ1v) is 8.56. The third kappa shape index (κ3) is 3.28. The van der Waals surface area contributed by atoms with Crippen molar-refractivity contribution in [3.63, 3.8) is 0 Å². The second kappa shape index (κ2) is 6.37. The average molecular weight is 333 g/mol. The summed E-state index contributed by atoms with van der Waals surface area (Å²) in [6.45, 7) is 5.20. The van der Waals surface area contributed by atoms with Crippen molar-refractivity contribution in [2.75, 3.05) is 27.3 Å². The number of benzene rings is 1. The third-order valence-electron chi connectivity index (χ3n) is 5.16. The summed E-state index contributed by atoms with van der Waals surface area (Å²) in [5.41, 5.74) is 1.61. The molecule has 2 aliphatic rings. The quantitative estimate of drug-likeness (QED) is 0.916. The summed E-state index contributed by atoms with van der Waals surface area (Å²) in [7, 11) is 3.28. The van der Waals surface area contributed by atoms with Crippen LogP contribution in [0.15, 0.2) is 12.1 Å². The van der Waals surface area contributed by atoms with Crippen LogP contribution in [0, 0.1) is 5.92 Å². The van der Waals surface area contributed by atoms with Crippen LogP contribution in [-0.4, -0.2) is 48.7 Å². The van der Waals surface area contributed by atoms with Crippen LogP contribution in [-0.2, 0) is 11.2 Å². The van der Waals surface area contributed by atoms with Crippen LogP contribution in [0.3, 0.4) is 0 Å². The zero-order chi connectivity index (χ0) is 17.5. The van der Waals surface area contributed by atoms with Gasteiger partial charge in [-0.25, -0.2) is 0 Å². The fourth-order valence-corrected chi connectivity index (χ4v) is 4.06. The summed E-state index contributed by atoms with van der Waals surface area (Å²) in [5.74, 6) is 1.62. The van der Waals surface area contributed by atoms with E-state index in [4.69, 9.17) is 9.47 Å². The van der Waals surface area contributed by atoms with Crippen LogP contribution in [0.1, 0.15) is 43.9 Å². The van der Waals surface area contributed by atoms with Gasteiger partial charge in [-0.15, -0.1) is 0 Å². The molecule has 0 amide bonds. The minimum atomic E-state index is -0.808. The number of nitrogens with zero attached hydrogens (tertiary/aromatic N) is 1. The largest absolute Gasteiger partial charge is 0.493 e. The topological polar surface area (TPSA) is 59.0 Å². The highest BCUT2D eigenvalue weighted by atomic mass is 16.5. The van der Waals surface area contributed by atoms with Crippen LogP contribution in [0.2, 0.25) is 0 Å². The summed E-state index contributed by atoms with van der Waals surface area (Å²) in [5, 5.41) is 10.1. The van der Waals surface area contributed by atoms with Crippen molar-refractivity contribution in [2.24, 2.45) is 5.92 Å². The molecular formula is C19H27NO4. The Kier molecular flexibility index (Phi) is 4.58. The Morgan fingerprint density at radius 1 is 1.25 bits per heavy atom. The van der Waals surface area contributed by atoms with E-state index in [0.717, 1.165) is 25.3 Å². The monoisotopic (exact) mass is 333 g/mol. The normalized spacial score (nSPS) is 24.3. The minimum Gasteiger partial charge on any atom is -0.493 e. The van der Waals surface area contributed by atoms with E-state index < -0.39 is 5.60 Å². The molecular weight excluding hydrogens is 306 g/mol. The van der Waals surface area contributed by atoms with Gasteiger partial charge in [0, 0.05) is 31.5 Å². The van der Waals surface area contributed by atoms with Gasteiger partial charge >= 0.3 is 0 Å². The average Bonchev–Trinajstić information content (AvgIpc) is 2.53. The van der Waals surface area contributed by atoms with Crippen LogP contribution in [0.4, 0.5) is 0 Å². The number of carbonyl (C=O) groups is 1. The highest BCUT2D eigenvalue weighted by Gasteiger charge is 2.40. The second-order valence-corrected chi connectivity index (χ2v) is 7.55. The van der Waals surface area contributed by atoms with Gasteiger partial charge in [-0.05, 0) is 49.9 Å². The number of methoxy groups -OCH3 is 2. The summed E-state index contributed by atoms with van der Waals surface area (Å²) in [6, 6.07) is 4.17. The molecule has 0 aromatic heterocycles. The van der Waals surface area contributed by atoms with Gasteiger partial charge in [-0.1, -0.05) is 0 Å². The van der Waals surface area contributed by atoms with Gasteiger partial charge in [0.05, 0.1) is 19.8 Å². The van der Waals surface area contributed by atoms with Crippen molar-refractivity contribution in [3.05, 3.63) is 23.3 Å². The summed E-state index contributed by atoms with van der Waals surface area (Å²) < 4.78 is 10.8. The maximum atomic E-state index is 12.6. The molecule has 5 nitrogen and oxygen atoms in total. The molecule has 1 N–H and O–H groups in total. The van der Waals surface area contributed by atoms with Crippen molar-refractivity contribution in [2.45, 2.75) is 44.8 Å². The Morgan fingerprint density at radius 3 is 2.54 bits per heavy atom. The van der Waals surface area contributed by atoms with Crippen LogP contribution < -0.4 is 9.47 Å². The molecule has 5 heteroatoms. The Morgan fingerprint density at radius 2 is 1.92 bits per heavy atom. The Hall–Kier alpha value is -1.59. The number of hydrogen-bond acceptors (Lipinski definition) is 5. The molecule has 0 unspecified atom stereocenters. The molecule has 0 aliphatic carbocycles. The van der Waals surface area contributed by atoms with E-state index in [-0.39, 0.29) is 17.7 Å². The number of ether oxygens (including phenoxy) is 2. The van der Waals surface area contributed by atoms with E-state index in [1.165, 1.54) is 11.1 Å². The number of rotatable bonds is 4. The lowest BCUT2D eigenvalue weighted by Gasteiger charge is -2.44. The van der Waals surface area contributed by atoms with Crippen molar-refractivity contribution in [1.82, 2.24) is 4.90 Å². The first-order valence-electron chi connectivity index (χ1n) is 8.56. The first-order chi connectivity index (χ1) is 11.3. The molecule has 2 heterocycles. The molecule has 0 saturated carbocycles. The summed E-state index contributed by atoms with van der Waals surface area (Å²) in [6.07, 6.45) is 1.96. The van der Waals surface area contributed by atoms with Gasteiger partial charge in [0.25, 0.3) is 0 Å². The van der Waals surface area contributed by atoms with E-state index >= 15 is 0 Å². The van der Waals surface area contributed by atoms with Crippen LogP contribution in [0.5, 0.6) is 11.5 Å². The number of hydrogen-bond donors (Lipinski definition) is 1. The predicted octanol–water partition coefficient (Wildman–Crippen LogP) is 2.35. The number of aliphatic hydroxyl groups is 1. The van der Waals surface area contributed by atoms with Crippen LogP contribution >= 0.6 is 0 Å². The fourth-order valence-electron chi connectivity index (χ4n) is 4.06. The van der Waals surface area contributed by atoms with Gasteiger partial charge in [0.2, 0.25) is 0 Å². The molecule has 1 aromatic carbocycles. The van der Waals surface area contributed by atoms with Gasteiger partial charge in [-0.2, -0.15) is 0 Å². The highest BCUT2D eigenvalue weighted by Crippen LogP contribution is 2.42. The van der Waals surface area contributed by atoms with Gasteiger partial charge in [-0.3, -0.25) is 9.69 Å². The fraction of sp³-hybridized carbons (Fsp3) is 0.632. The molecule has 0 spiro atoms. The van der Waals surface area contributed by atoms with E-state index in [1.807, 2.05) is 12.1 Å². The second-order valence-electron chi connectivity index (χ2n) is 7.55. The Labute approximate surface area is 143 Å². The molecule has 0 radical (unpaired) electrons. The lowest BCUT2D eigenvalue weighted by atomic mass is 9.79. The van der Waals surface area contributed by atoms with Crippen LogP contribution in [0.25, 0.3) is 0 Å². The van der Waals surface area contributed by atoms with E-state index in [2.05, 4.69) is 4.90 Å². The van der Waals surface area contributed by atoms with Gasteiger partial charge < -0.3 is 14.6 Å². The van der Waals surface area contributed by atoms with E-state index in [9.17, 15) is 9.90 Å². The summed E-state index contributed by atoms with van der Waals surface area (Å²) in [4.78, 5) is 15.0. The number of carbonyl (C=O) groups excluding carboxylic acids is 1. The molecule has 1 saturated heterocycles. The lowest BCUT2D eigenvalue weighted by Crippen LogP contribution is -2.47. The highest BCUT2D eigenvalue weighted by molar-refractivity contribution is 5.83. The number of piperidine rings is 1. The molecule has 24 heavy (non-hydrogen) atoms. The molecule has 0 bridgehead atoms. The zero-order valence-electron chi connectivity index (χ0n) is 15.0. The minimum absolute atomic E-state index is 0.0806. The van der Waals surface area contributed by atoms with Gasteiger partial charge in [0.1, 0.15) is 5.78 Å². The van der Waals surface area contributed by atoms with Crippen molar-refractivity contribution in [3.8, 4) is 11.5 Å². The van der Waals surface area contributed by atoms with Crippen molar-refractivity contribution >= 4 is 5.78 Å². The number of Topliss-reactive ketones (excluding diaryl/α,β-unsaturated/α-hetero) is 1. The SMILES string of the molecule is COc1cc2c(cc1OC)[C@H]1CC(=O)[C@H](CC(C)(C)O)CN1CC2. The maximum absolute atomic E-state index is 12.6. The number of fused-ring (bicyclic) bond motifs is 3. The third-order valence-corrected chi connectivity index (χ3v) is 5.16. The van der Waals surface area contributed by atoms with Gasteiger partial charge in [0.15, 0.2) is 11.5 Å². The first kappa shape index (κ1) is 17.2. The zero-order valence-corrected chi connectivity index (χ0v) is 15.0. The molecule has 3 rings (SSSR count). The summed E-state index contributed by atoms with van der Waals surface area (Å²) >= 11 is 0. The molecule has 2 aliphatic heterocycles. The molecule has 2 atom stereocenters. The van der Waals surface area contributed by atoms with Crippen molar-refractivity contribution < 1.29 is 19.4 Å². The Bertz CT molecular complexity index is 635. The van der Waals surface area contributed by atoms with E-state index in [0.29, 0.717) is 18.6 Å². The standard InChI is InChI=1S/C19H27NO4/c1-19(2,22)10-13-11-20-6-5-12-7-17(23-3)18(24-4)8-14(12)15(20)9-16(13)21/h7-8,13,15,22H,5-6,9-11H2,1-4H3/t13-,15-/m1/s1. The smallest absolute Gasteiger partial charge is 0.161 e. The number of ketones is 1. The van der Waals surface area contributed by atoms with E-state index in [1.54, 1.807) is 28.1 Å². The lowest BCUT2D eigenvalue weighted by molar-refractivity contribution is -0.131.